The van der Waals surface area contributed by atoms with E-state index in [1.807, 2.05) is 24.3 Å². The summed E-state index contributed by atoms with van der Waals surface area (Å²) in [5.41, 5.74) is 13.4. The molecule has 2 aromatic rings. The Balaban J connectivity index is 2.14. The Morgan fingerprint density at radius 3 is 2.18 bits per heavy atom. The molecule has 3 amide bonds. The van der Waals surface area contributed by atoms with Gasteiger partial charge in [-0.15, -0.1) is 0 Å². The van der Waals surface area contributed by atoms with Gasteiger partial charge in [0.05, 0.1) is 12.5 Å². The molecule has 0 saturated carbocycles. The van der Waals surface area contributed by atoms with Crippen LogP contribution in [0.4, 0.5) is 0 Å². The minimum absolute atomic E-state index is 0.166. The van der Waals surface area contributed by atoms with Crippen molar-refractivity contribution in [1.29, 1.82) is 0 Å². The summed E-state index contributed by atoms with van der Waals surface area (Å²) in [5, 5.41) is 26.8. The molecular formula is C26H38N6O7. The number of aromatic amines is 1. The Labute approximate surface area is 226 Å². The number of fused-ring (bicyclic) bond motifs is 1. The number of nitrogens with one attached hydrogen (secondary N) is 4. The fraction of sp³-hybridized carbons (Fsp3) is 0.500. The average Bonchev–Trinajstić information content (AvgIpc) is 3.28. The van der Waals surface area contributed by atoms with Crippen LogP contribution in [0, 0.1) is 5.92 Å². The second kappa shape index (κ2) is 14.8. The molecular weight excluding hydrogens is 508 g/mol. The standard InChI is InChI=1S/C26H38N6O7/c1-14(2)22(26(38)39)32-25(37)20(12-21(33)34)31-24(36)19(9-5-6-10-27)30-23(35)17(28)11-15-13-29-18-8-4-3-7-16(15)18/h3-4,7-8,13-14,17,19-20,22,29H,5-6,9-12,27-28H2,1-2H3,(H,30,35)(H,31,36)(H,32,37)(H,33,34)(H,38,39). The molecule has 0 radical (unpaired) electrons. The van der Waals surface area contributed by atoms with E-state index in [0.717, 1.165) is 16.5 Å². The van der Waals surface area contributed by atoms with Crippen LogP contribution in [0.25, 0.3) is 10.9 Å². The van der Waals surface area contributed by atoms with E-state index in [1.165, 1.54) is 0 Å². The molecule has 13 heteroatoms. The summed E-state index contributed by atoms with van der Waals surface area (Å²) in [6.07, 6.45) is 2.37. The van der Waals surface area contributed by atoms with Crippen LogP contribution in [0.2, 0.25) is 0 Å². The molecule has 0 aliphatic rings. The predicted octanol–water partition coefficient (Wildman–Crippen LogP) is -0.164. The first-order valence-corrected chi connectivity index (χ1v) is 12.8. The number of amides is 3. The van der Waals surface area contributed by atoms with Crippen LogP contribution in [0.15, 0.2) is 30.5 Å². The minimum Gasteiger partial charge on any atom is -0.481 e. The van der Waals surface area contributed by atoms with Crippen LogP contribution in [0.1, 0.15) is 45.1 Å². The van der Waals surface area contributed by atoms with Gasteiger partial charge in [-0.2, -0.15) is 0 Å². The highest BCUT2D eigenvalue weighted by Crippen LogP contribution is 2.19. The zero-order valence-corrected chi connectivity index (χ0v) is 22.1. The lowest BCUT2D eigenvalue weighted by Crippen LogP contribution is -2.58. The van der Waals surface area contributed by atoms with Crippen molar-refractivity contribution in [3.63, 3.8) is 0 Å². The summed E-state index contributed by atoms with van der Waals surface area (Å²) < 4.78 is 0. The molecule has 13 nitrogen and oxygen atoms in total. The second-order valence-electron chi connectivity index (χ2n) is 9.74. The zero-order valence-electron chi connectivity index (χ0n) is 22.1. The monoisotopic (exact) mass is 546 g/mol. The smallest absolute Gasteiger partial charge is 0.326 e. The molecule has 2 rings (SSSR count). The summed E-state index contributed by atoms with van der Waals surface area (Å²) in [6, 6.07) is 2.58. The average molecular weight is 547 g/mol. The maximum Gasteiger partial charge on any atom is 0.326 e. The van der Waals surface area contributed by atoms with Crippen LogP contribution in [-0.4, -0.2) is 75.6 Å². The number of para-hydroxylation sites is 1. The second-order valence-corrected chi connectivity index (χ2v) is 9.74. The molecule has 4 unspecified atom stereocenters. The summed E-state index contributed by atoms with van der Waals surface area (Å²) in [7, 11) is 0. The van der Waals surface area contributed by atoms with E-state index in [-0.39, 0.29) is 12.8 Å². The molecule has 214 valence electrons. The van der Waals surface area contributed by atoms with Crippen LogP contribution >= 0.6 is 0 Å². The van der Waals surface area contributed by atoms with Gasteiger partial charge in [-0.25, -0.2) is 4.79 Å². The molecule has 0 bridgehead atoms. The summed E-state index contributed by atoms with van der Waals surface area (Å²) in [6.45, 7) is 3.51. The highest BCUT2D eigenvalue weighted by molar-refractivity contribution is 5.95. The third-order valence-corrected chi connectivity index (χ3v) is 6.27. The highest BCUT2D eigenvalue weighted by Gasteiger charge is 2.32. The zero-order chi connectivity index (χ0) is 29.1. The molecule has 0 fully saturated rings. The number of unbranched alkanes of at least 4 members (excludes halogenated alkanes) is 1. The number of aromatic nitrogens is 1. The lowest BCUT2D eigenvalue weighted by atomic mass is 10.0. The number of aliphatic carboxylic acids is 2. The number of carboxylic acids is 2. The highest BCUT2D eigenvalue weighted by atomic mass is 16.4. The lowest BCUT2D eigenvalue weighted by molar-refractivity contribution is -0.144. The Hall–Kier alpha value is -3.97. The molecule has 1 heterocycles. The van der Waals surface area contributed by atoms with Crippen molar-refractivity contribution in [2.24, 2.45) is 17.4 Å². The van der Waals surface area contributed by atoms with E-state index in [9.17, 15) is 34.2 Å². The van der Waals surface area contributed by atoms with Crippen LogP contribution in [-0.2, 0) is 30.4 Å². The summed E-state index contributed by atoms with van der Waals surface area (Å²) in [5.74, 6) is -5.52. The molecule has 1 aromatic heterocycles. The van der Waals surface area contributed by atoms with Crippen molar-refractivity contribution in [2.75, 3.05) is 6.54 Å². The Bertz CT molecular complexity index is 1160. The number of carbonyl (C=O) groups excluding carboxylic acids is 3. The van der Waals surface area contributed by atoms with Crippen molar-refractivity contribution in [1.82, 2.24) is 20.9 Å². The number of carbonyl (C=O) groups is 5. The largest absolute Gasteiger partial charge is 0.481 e. The Morgan fingerprint density at radius 2 is 1.56 bits per heavy atom. The molecule has 0 aliphatic carbocycles. The summed E-state index contributed by atoms with van der Waals surface area (Å²) >= 11 is 0. The van der Waals surface area contributed by atoms with Gasteiger partial charge in [-0.1, -0.05) is 32.0 Å². The van der Waals surface area contributed by atoms with E-state index in [0.29, 0.717) is 19.4 Å². The van der Waals surface area contributed by atoms with Gasteiger partial charge in [0.2, 0.25) is 17.7 Å². The molecule has 0 spiro atoms. The van der Waals surface area contributed by atoms with Crippen LogP contribution < -0.4 is 27.4 Å². The van der Waals surface area contributed by atoms with E-state index < -0.39 is 66.2 Å². The van der Waals surface area contributed by atoms with E-state index in [4.69, 9.17) is 11.5 Å². The van der Waals surface area contributed by atoms with Gasteiger partial charge < -0.3 is 42.6 Å². The van der Waals surface area contributed by atoms with Gasteiger partial charge in [0.25, 0.3) is 0 Å². The maximum atomic E-state index is 13.1. The number of hydrogen-bond donors (Lipinski definition) is 8. The third-order valence-electron chi connectivity index (χ3n) is 6.27. The van der Waals surface area contributed by atoms with Crippen molar-refractivity contribution in [3.8, 4) is 0 Å². The van der Waals surface area contributed by atoms with Crippen molar-refractivity contribution >= 4 is 40.6 Å². The van der Waals surface area contributed by atoms with E-state index in [2.05, 4.69) is 20.9 Å². The topological polar surface area (TPSA) is 230 Å². The van der Waals surface area contributed by atoms with Crippen LogP contribution in [0.3, 0.4) is 0 Å². The normalized spacial score (nSPS) is 14.3. The first-order chi connectivity index (χ1) is 18.4. The fourth-order valence-corrected chi connectivity index (χ4v) is 4.09. The van der Waals surface area contributed by atoms with Crippen molar-refractivity contribution in [3.05, 3.63) is 36.0 Å². The van der Waals surface area contributed by atoms with Gasteiger partial charge in [0.1, 0.15) is 18.1 Å². The van der Waals surface area contributed by atoms with Crippen molar-refractivity contribution in [2.45, 2.75) is 70.1 Å². The first kappa shape index (κ1) is 31.2. The van der Waals surface area contributed by atoms with E-state index in [1.54, 1.807) is 20.0 Å². The maximum absolute atomic E-state index is 13.1. The molecule has 0 aliphatic heterocycles. The van der Waals surface area contributed by atoms with Gasteiger partial charge in [0, 0.05) is 17.1 Å². The predicted molar refractivity (Wildman–Crippen MR) is 143 cm³/mol. The van der Waals surface area contributed by atoms with Crippen molar-refractivity contribution < 1.29 is 34.2 Å². The number of nitrogens with two attached hydrogens (primary N) is 2. The first-order valence-electron chi connectivity index (χ1n) is 12.8. The fourth-order valence-electron chi connectivity index (χ4n) is 4.09. The molecule has 1 aromatic carbocycles. The molecule has 39 heavy (non-hydrogen) atoms. The van der Waals surface area contributed by atoms with Crippen LogP contribution in [0.5, 0.6) is 0 Å². The SMILES string of the molecule is CC(C)C(NC(=O)C(CC(=O)O)NC(=O)C(CCCCN)NC(=O)C(N)Cc1c[nH]c2ccccc12)C(=O)O. The van der Waals surface area contributed by atoms with E-state index >= 15 is 0 Å². The summed E-state index contributed by atoms with van der Waals surface area (Å²) in [4.78, 5) is 64.8. The molecule has 4 atom stereocenters. The van der Waals surface area contributed by atoms with Gasteiger partial charge in [0.15, 0.2) is 0 Å². The Kier molecular flexibility index (Phi) is 11.9. The quantitative estimate of drug-likeness (QED) is 0.131. The number of rotatable bonds is 16. The van der Waals surface area contributed by atoms with Gasteiger partial charge in [-0.05, 0) is 49.8 Å². The Morgan fingerprint density at radius 1 is 0.923 bits per heavy atom. The van der Waals surface area contributed by atoms with Gasteiger partial charge in [-0.3, -0.25) is 19.2 Å². The minimum atomic E-state index is -1.57. The third kappa shape index (κ3) is 9.37. The molecule has 10 N–H and O–H groups in total. The molecule has 0 saturated heterocycles. The number of H-pyrrole nitrogens is 1. The number of benzene rings is 1. The lowest BCUT2D eigenvalue weighted by Gasteiger charge is -2.25. The number of hydrogen-bond acceptors (Lipinski definition) is 7. The number of carboxylic acid groups (broad SMARTS) is 2. The van der Waals surface area contributed by atoms with Gasteiger partial charge >= 0.3 is 11.9 Å².